The Balaban J connectivity index is 2.03. The molecule has 0 saturated carbocycles. The third-order valence-corrected chi connectivity index (χ3v) is 3.54. The van der Waals surface area contributed by atoms with Gasteiger partial charge in [0.2, 0.25) is 0 Å². The number of nitrogen functional groups attached to an aromatic ring is 1. The zero-order valence-electron chi connectivity index (χ0n) is 14.3. The number of para-hydroxylation sites is 1. The standard InChI is InChI=1S/C20H18N4O3/c21-13-18(20(26)24-27)23-19(25)16-11-9-14(10-12-16)5-1-2-6-15-7-3-4-8-17(15)22/h3-4,7-12,18,27H,13,21-22H2,(H,23,25)(H,24,26)/t18-/m0/s1. The molecule has 136 valence electrons. The third-order valence-electron chi connectivity index (χ3n) is 3.54. The van der Waals surface area contributed by atoms with Crippen LogP contribution in [-0.2, 0) is 4.79 Å². The van der Waals surface area contributed by atoms with Gasteiger partial charge in [0.05, 0.1) is 0 Å². The molecule has 0 fully saturated rings. The molecule has 0 aliphatic heterocycles. The van der Waals surface area contributed by atoms with Crippen LogP contribution in [0.4, 0.5) is 5.69 Å². The number of hydroxylamine groups is 1. The summed E-state index contributed by atoms with van der Waals surface area (Å²) >= 11 is 0. The highest BCUT2D eigenvalue weighted by Crippen LogP contribution is 2.08. The van der Waals surface area contributed by atoms with Crippen molar-refractivity contribution in [2.24, 2.45) is 5.73 Å². The van der Waals surface area contributed by atoms with E-state index in [2.05, 4.69) is 29.0 Å². The minimum Gasteiger partial charge on any atom is -0.398 e. The van der Waals surface area contributed by atoms with E-state index in [0.717, 1.165) is 0 Å². The minimum absolute atomic E-state index is 0.147. The van der Waals surface area contributed by atoms with Crippen molar-refractivity contribution in [1.29, 1.82) is 0 Å². The van der Waals surface area contributed by atoms with Gasteiger partial charge in [0.1, 0.15) is 6.04 Å². The van der Waals surface area contributed by atoms with Gasteiger partial charge < -0.3 is 16.8 Å². The maximum Gasteiger partial charge on any atom is 0.267 e. The van der Waals surface area contributed by atoms with E-state index < -0.39 is 17.9 Å². The smallest absolute Gasteiger partial charge is 0.267 e. The molecule has 27 heavy (non-hydrogen) atoms. The minimum atomic E-state index is -1.03. The van der Waals surface area contributed by atoms with Crippen LogP contribution in [0, 0.1) is 23.7 Å². The van der Waals surface area contributed by atoms with E-state index >= 15 is 0 Å². The first kappa shape index (κ1) is 19.5. The summed E-state index contributed by atoms with van der Waals surface area (Å²) in [4.78, 5) is 23.4. The van der Waals surface area contributed by atoms with Crippen LogP contribution < -0.4 is 22.3 Å². The fourth-order valence-electron chi connectivity index (χ4n) is 2.07. The molecular weight excluding hydrogens is 344 g/mol. The maximum absolute atomic E-state index is 12.1. The van der Waals surface area contributed by atoms with Crippen molar-refractivity contribution in [2.45, 2.75) is 6.04 Å². The summed E-state index contributed by atoms with van der Waals surface area (Å²) in [5.74, 6) is 9.92. The van der Waals surface area contributed by atoms with E-state index in [1.807, 2.05) is 18.2 Å². The molecule has 7 heteroatoms. The molecule has 0 bridgehead atoms. The van der Waals surface area contributed by atoms with Crippen molar-refractivity contribution in [1.82, 2.24) is 10.8 Å². The van der Waals surface area contributed by atoms with Crippen LogP contribution in [0.2, 0.25) is 0 Å². The van der Waals surface area contributed by atoms with Crippen LogP contribution in [0.3, 0.4) is 0 Å². The Morgan fingerprint density at radius 1 is 1.04 bits per heavy atom. The molecule has 0 aromatic heterocycles. The highest BCUT2D eigenvalue weighted by Gasteiger charge is 2.19. The van der Waals surface area contributed by atoms with Crippen LogP contribution >= 0.6 is 0 Å². The highest BCUT2D eigenvalue weighted by molar-refractivity contribution is 5.97. The van der Waals surface area contributed by atoms with E-state index in [4.69, 9.17) is 16.7 Å². The van der Waals surface area contributed by atoms with Crippen LogP contribution in [0.15, 0.2) is 48.5 Å². The van der Waals surface area contributed by atoms with Gasteiger partial charge in [0.25, 0.3) is 11.8 Å². The number of nitrogens with two attached hydrogens (primary N) is 2. The van der Waals surface area contributed by atoms with E-state index in [9.17, 15) is 9.59 Å². The Bertz CT molecular complexity index is 947. The molecule has 7 nitrogen and oxygen atoms in total. The predicted molar refractivity (Wildman–Crippen MR) is 101 cm³/mol. The molecule has 2 amide bonds. The van der Waals surface area contributed by atoms with Gasteiger partial charge >= 0.3 is 0 Å². The van der Waals surface area contributed by atoms with Gasteiger partial charge in [-0.25, -0.2) is 5.48 Å². The van der Waals surface area contributed by atoms with Gasteiger partial charge in [-0.1, -0.05) is 24.0 Å². The Morgan fingerprint density at radius 3 is 2.33 bits per heavy atom. The molecule has 2 rings (SSSR count). The van der Waals surface area contributed by atoms with Crippen molar-refractivity contribution >= 4 is 17.5 Å². The molecule has 0 aliphatic carbocycles. The molecule has 0 saturated heterocycles. The molecule has 2 aromatic carbocycles. The summed E-state index contributed by atoms with van der Waals surface area (Å²) in [5.41, 5.74) is 14.9. The lowest BCUT2D eigenvalue weighted by atomic mass is 10.1. The van der Waals surface area contributed by atoms with Crippen molar-refractivity contribution in [3.05, 3.63) is 65.2 Å². The zero-order valence-corrected chi connectivity index (χ0v) is 14.3. The first-order valence-corrected chi connectivity index (χ1v) is 7.96. The summed E-state index contributed by atoms with van der Waals surface area (Å²) in [5, 5.41) is 11.0. The average molecular weight is 362 g/mol. The normalized spacial score (nSPS) is 10.4. The largest absolute Gasteiger partial charge is 0.398 e. The zero-order chi connectivity index (χ0) is 19.6. The topological polar surface area (TPSA) is 130 Å². The van der Waals surface area contributed by atoms with Gasteiger partial charge in [-0.15, -0.1) is 0 Å². The number of rotatable bonds is 4. The van der Waals surface area contributed by atoms with Crippen LogP contribution in [0.1, 0.15) is 21.5 Å². The quantitative estimate of drug-likeness (QED) is 0.230. The second-order valence-electron chi connectivity index (χ2n) is 5.40. The van der Waals surface area contributed by atoms with Crippen molar-refractivity contribution in [2.75, 3.05) is 12.3 Å². The van der Waals surface area contributed by atoms with E-state index in [1.165, 1.54) is 5.48 Å². The molecule has 7 N–H and O–H groups in total. The summed E-state index contributed by atoms with van der Waals surface area (Å²) in [6, 6.07) is 12.7. The molecule has 2 aromatic rings. The van der Waals surface area contributed by atoms with Crippen LogP contribution in [0.5, 0.6) is 0 Å². The summed E-state index contributed by atoms with van der Waals surface area (Å²) in [6.45, 7) is -0.147. The summed E-state index contributed by atoms with van der Waals surface area (Å²) < 4.78 is 0. The number of amides is 2. The average Bonchev–Trinajstić information content (AvgIpc) is 2.70. The van der Waals surface area contributed by atoms with Crippen molar-refractivity contribution in [3.8, 4) is 23.7 Å². The van der Waals surface area contributed by atoms with E-state index in [0.29, 0.717) is 22.4 Å². The molecule has 0 aliphatic rings. The van der Waals surface area contributed by atoms with Gasteiger partial charge in [0.15, 0.2) is 0 Å². The second kappa shape index (κ2) is 9.64. The number of nitrogens with one attached hydrogen (secondary N) is 2. The third kappa shape index (κ3) is 5.62. The lowest BCUT2D eigenvalue weighted by molar-refractivity contribution is -0.130. The maximum atomic E-state index is 12.1. The first-order chi connectivity index (χ1) is 13.0. The Morgan fingerprint density at radius 2 is 1.70 bits per heavy atom. The molecule has 0 heterocycles. The number of hydrogen-bond acceptors (Lipinski definition) is 5. The summed E-state index contributed by atoms with van der Waals surface area (Å²) in [7, 11) is 0. The van der Waals surface area contributed by atoms with Gasteiger partial charge in [-0.3, -0.25) is 14.8 Å². The fraction of sp³-hybridized carbons (Fsp3) is 0.100. The molecule has 1 atom stereocenters. The number of carbonyl (C=O) groups excluding carboxylic acids is 2. The van der Waals surface area contributed by atoms with Crippen molar-refractivity contribution < 1.29 is 14.8 Å². The summed E-state index contributed by atoms with van der Waals surface area (Å²) in [6.07, 6.45) is 0. The van der Waals surface area contributed by atoms with Crippen LogP contribution in [0.25, 0.3) is 0 Å². The predicted octanol–water partition coefficient (Wildman–Crippen LogP) is 0.235. The SMILES string of the molecule is NC[C@H](NC(=O)c1ccc(C#CC#Cc2ccccc2N)cc1)C(=O)NO. The number of anilines is 1. The van der Waals surface area contributed by atoms with Crippen molar-refractivity contribution in [3.63, 3.8) is 0 Å². The highest BCUT2D eigenvalue weighted by atomic mass is 16.5. The molecule has 0 unspecified atom stereocenters. The Kier molecular flexibility index (Phi) is 6.98. The van der Waals surface area contributed by atoms with Gasteiger partial charge in [0, 0.05) is 28.9 Å². The van der Waals surface area contributed by atoms with Gasteiger partial charge in [-0.2, -0.15) is 0 Å². The Labute approximate surface area is 156 Å². The van der Waals surface area contributed by atoms with E-state index in [1.54, 1.807) is 30.3 Å². The Hall–Kier alpha value is -3.78. The lowest BCUT2D eigenvalue weighted by Gasteiger charge is -2.14. The monoisotopic (exact) mass is 362 g/mol. The number of benzene rings is 2. The van der Waals surface area contributed by atoms with Crippen LogP contribution in [-0.4, -0.2) is 29.6 Å². The molecule has 0 radical (unpaired) electrons. The number of carbonyl (C=O) groups is 2. The van der Waals surface area contributed by atoms with E-state index in [-0.39, 0.29) is 6.54 Å². The lowest BCUT2D eigenvalue weighted by Crippen LogP contribution is -2.50. The molecular formula is C20H18N4O3. The molecule has 0 spiro atoms. The first-order valence-electron chi connectivity index (χ1n) is 7.96. The van der Waals surface area contributed by atoms with Gasteiger partial charge in [-0.05, 0) is 48.2 Å². The number of hydrogen-bond donors (Lipinski definition) is 5. The second-order valence-corrected chi connectivity index (χ2v) is 5.40. The fourth-order valence-corrected chi connectivity index (χ4v) is 2.07.